The third-order valence-corrected chi connectivity index (χ3v) is 0.597. The summed E-state index contributed by atoms with van der Waals surface area (Å²) in [6.07, 6.45) is 0. The predicted octanol–water partition coefficient (Wildman–Crippen LogP) is -0.923. The average molecular weight is 139 g/mol. The summed E-state index contributed by atoms with van der Waals surface area (Å²) in [6, 6.07) is 0. The number of nitrogens with one attached hydrogen (secondary N) is 2. The van der Waals surface area contributed by atoms with Crippen LogP contribution in [0.5, 0.6) is 0 Å². The lowest BCUT2D eigenvalue weighted by atomic mass is 10.9. The normalized spacial score (nSPS) is 9.62. The fourth-order valence-electron chi connectivity index (χ4n) is 0.249. The van der Waals surface area contributed by atoms with E-state index in [2.05, 4.69) is 15.7 Å². The summed E-state index contributed by atoms with van der Waals surface area (Å²) < 4.78 is 0. The van der Waals surface area contributed by atoms with Crippen molar-refractivity contribution < 1.29 is 0 Å². The second-order valence-corrected chi connectivity index (χ2v) is 0.967. The molecule has 0 aromatic rings. The Morgan fingerprint density at radius 1 is 1.62 bits per heavy atom. The van der Waals surface area contributed by atoms with Crippen molar-refractivity contribution in [1.82, 2.24) is 10.7 Å². The molecule has 0 aromatic heterocycles. The maximum Gasteiger partial charge on any atom is 0.205 e. The van der Waals surface area contributed by atoms with E-state index < -0.39 is 0 Å². The van der Waals surface area contributed by atoms with Gasteiger partial charge in [0.25, 0.3) is 0 Å². The molecule has 0 spiro atoms. The highest BCUT2D eigenvalue weighted by Crippen LogP contribution is 1.53. The summed E-state index contributed by atoms with van der Waals surface area (Å²) in [5.74, 6) is 5.53. The van der Waals surface area contributed by atoms with E-state index in [9.17, 15) is 0 Å². The van der Waals surface area contributed by atoms with Crippen molar-refractivity contribution in [3.05, 3.63) is 0 Å². The number of hydrazine groups is 1. The SMILES string of the molecule is CN=C(NC)NN.Cl. The summed E-state index contributed by atoms with van der Waals surface area (Å²) in [4.78, 5) is 3.69. The van der Waals surface area contributed by atoms with Gasteiger partial charge in [-0.25, -0.2) is 5.84 Å². The van der Waals surface area contributed by atoms with Crippen molar-refractivity contribution in [1.29, 1.82) is 0 Å². The van der Waals surface area contributed by atoms with Crippen LogP contribution in [0.3, 0.4) is 0 Å². The predicted molar refractivity (Wildman–Crippen MR) is 37.0 cm³/mol. The van der Waals surface area contributed by atoms with Crippen molar-refractivity contribution in [2.24, 2.45) is 10.8 Å². The van der Waals surface area contributed by atoms with Crippen LogP contribution in [-0.2, 0) is 0 Å². The maximum absolute atomic E-state index is 4.95. The molecular formula is C3H11ClN4. The van der Waals surface area contributed by atoms with E-state index in [1.807, 2.05) is 0 Å². The van der Waals surface area contributed by atoms with E-state index in [0.717, 1.165) is 0 Å². The molecule has 50 valence electrons. The Morgan fingerprint density at radius 3 is 2.12 bits per heavy atom. The smallest absolute Gasteiger partial charge is 0.205 e. The first kappa shape index (κ1) is 10.5. The van der Waals surface area contributed by atoms with Gasteiger partial charge in [0.05, 0.1) is 0 Å². The van der Waals surface area contributed by atoms with Crippen LogP contribution in [0.4, 0.5) is 0 Å². The zero-order valence-corrected chi connectivity index (χ0v) is 5.75. The van der Waals surface area contributed by atoms with Gasteiger partial charge in [0.15, 0.2) is 0 Å². The molecule has 0 saturated carbocycles. The van der Waals surface area contributed by atoms with Crippen molar-refractivity contribution in [2.75, 3.05) is 14.1 Å². The molecule has 8 heavy (non-hydrogen) atoms. The highest BCUT2D eigenvalue weighted by Gasteiger charge is 1.80. The van der Waals surface area contributed by atoms with Crippen molar-refractivity contribution in [2.45, 2.75) is 0 Å². The number of rotatable bonds is 0. The van der Waals surface area contributed by atoms with E-state index in [4.69, 9.17) is 5.84 Å². The Morgan fingerprint density at radius 2 is 2.12 bits per heavy atom. The summed E-state index contributed by atoms with van der Waals surface area (Å²) in [5.41, 5.74) is 2.34. The van der Waals surface area contributed by atoms with Crippen LogP contribution in [0.1, 0.15) is 0 Å². The molecule has 0 rings (SSSR count). The van der Waals surface area contributed by atoms with Crippen LogP contribution >= 0.6 is 12.4 Å². The van der Waals surface area contributed by atoms with Gasteiger partial charge < -0.3 is 5.32 Å². The average Bonchev–Trinajstić information content (AvgIpc) is 1.72. The Hall–Kier alpha value is -0.480. The molecule has 4 N–H and O–H groups in total. The second-order valence-electron chi connectivity index (χ2n) is 0.967. The highest BCUT2D eigenvalue weighted by molar-refractivity contribution is 5.85. The molecule has 0 radical (unpaired) electrons. The monoisotopic (exact) mass is 138 g/mol. The van der Waals surface area contributed by atoms with Crippen molar-refractivity contribution >= 4 is 18.4 Å². The number of aliphatic imine (C=N–C) groups is 1. The lowest BCUT2D eigenvalue weighted by Crippen LogP contribution is -2.39. The van der Waals surface area contributed by atoms with Crippen LogP contribution < -0.4 is 16.6 Å². The summed E-state index contributed by atoms with van der Waals surface area (Å²) >= 11 is 0. The topological polar surface area (TPSA) is 62.4 Å². The van der Waals surface area contributed by atoms with Gasteiger partial charge in [-0.1, -0.05) is 0 Å². The van der Waals surface area contributed by atoms with E-state index >= 15 is 0 Å². The van der Waals surface area contributed by atoms with Crippen molar-refractivity contribution in [3.63, 3.8) is 0 Å². The maximum atomic E-state index is 4.95. The third-order valence-electron chi connectivity index (χ3n) is 0.597. The molecule has 0 aromatic carbocycles. The molecule has 5 heteroatoms. The van der Waals surface area contributed by atoms with Gasteiger partial charge in [-0.2, -0.15) is 0 Å². The highest BCUT2D eigenvalue weighted by atomic mass is 35.5. The molecular weight excluding hydrogens is 128 g/mol. The Bertz CT molecular complexity index is 65.7. The number of halogens is 1. The van der Waals surface area contributed by atoms with Gasteiger partial charge >= 0.3 is 0 Å². The molecule has 0 unspecified atom stereocenters. The van der Waals surface area contributed by atoms with Gasteiger partial charge in [-0.05, 0) is 0 Å². The van der Waals surface area contributed by atoms with E-state index in [1.165, 1.54) is 0 Å². The fraction of sp³-hybridized carbons (Fsp3) is 0.667. The number of nitrogens with zero attached hydrogens (tertiary/aromatic N) is 1. The van der Waals surface area contributed by atoms with Gasteiger partial charge in [0.2, 0.25) is 5.96 Å². The molecule has 0 aliphatic heterocycles. The quantitative estimate of drug-likeness (QED) is 0.176. The lowest BCUT2D eigenvalue weighted by molar-refractivity contribution is 0.938. The van der Waals surface area contributed by atoms with Crippen LogP contribution in [0.25, 0.3) is 0 Å². The zero-order valence-electron chi connectivity index (χ0n) is 4.93. The second kappa shape index (κ2) is 6.52. The van der Waals surface area contributed by atoms with E-state index in [0.29, 0.717) is 5.96 Å². The van der Waals surface area contributed by atoms with Crippen LogP contribution in [-0.4, -0.2) is 20.1 Å². The summed E-state index contributed by atoms with van der Waals surface area (Å²) in [6.45, 7) is 0. The number of nitrogens with two attached hydrogens (primary N) is 1. The largest absolute Gasteiger partial charge is 0.358 e. The molecule has 0 aliphatic rings. The molecule has 4 nitrogen and oxygen atoms in total. The fourth-order valence-corrected chi connectivity index (χ4v) is 0.249. The van der Waals surface area contributed by atoms with Gasteiger partial charge in [-0.3, -0.25) is 10.4 Å². The first-order valence-corrected chi connectivity index (χ1v) is 1.96. The molecule has 0 fully saturated rings. The minimum atomic E-state index is 0. The van der Waals surface area contributed by atoms with Crippen LogP contribution in [0, 0.1) is 0 Å². The standard InChI is InChI=1S/C3H10N4.ClH/c1-5-3(6-2)7-4;/h4H2,1-2H3,(H2,5,6,7);1H. The Balaban J connectivity index is 0. The molecule has 0 bridgehead atoms. The van der Waals surface area contributed by atoms with Gasteiger partial charge in [0, 0.05) is 14.1 Å². The zero-order chi connectivity index (χ0) is 5.70. The number of guanidine groups is 1. The first-order chi connectivity index (χ1) is 3.35. The Kier molecular flexibility index (Phi) is 8.55. The minimum Gasteiger partial charge on any atom is -0.358 e. The Labute approximate surface area is 54.9 Å². The number of hydrogen-bond donors (Lipinski definition) is 3. The summed E-state index contributed by atoms with van der Waals surface area (Å²) in [7, 11) is 3.38. The molecule has 0 atom stereocenters. The molecule has 0 saturated heterocycles. The lowest BCUT2D eigenvalue weighted by Gasteiger charge is -1.98. The van der Waals surface area contributed by atoms with Gasteiger partial charge in [0.1, 0.15) is 0 Å². The molecule has 0 heterocycles. The summed E-state index contributed by atoms with van der Waals surface area (Å²) in [5, 5.41) is 2.72. The minimum absolute atomic E-state index is 0. The molecule has 0 amide bonds. The van der Waals surface area contributed by atoms with Crippen molar-refractivity contribution in [3.8, 4) is 0 Å². The molecule has 0 aliphatic carbocycles. The van der Waals surface area contributed by atoms with E-state index in [-0.39, 0.29) is 12.4 Å². The third kappa shape index (κ3) is 3.70. The van der Waals surface area contributed by atoms with Crippen LogP contribution in [0.2, 0.25) is 0 Å². The van der Waals surface area contributed by atoms with Gasteiger partial charge in [-0.15, -0.1) is 12.4 Å². The van der Waals surface area contributed by atoms with Crippen LogP contribution in [0.15, 0.2) is 4.99 Å². The number of hydrogen-bond acceptors (Lipinski definition) is 2. The first-order valence-electron chi connectivity index (χ1n) is 1.96. The van der Waals surface area contributed by atoms with E-state index in [1.54, 1.807) is 14.1 Å².